The van der Waals surface area contributed by atoms with E-state index in [1.807, 2.05) is 27.7 Å². The molecule has 1 atom stereocenters. The topological polar surface area (TPSA) is 67.8 Å². The lowest BCUT2D eigenvalue weighted by atomic mass is 10.2. The molecule has 5 nitrogen and oxygen atoms in total. The molecule has 0 bridgehead atoms. The number of aromatic nitrogens is 3. The van der Waals surface area contributed by atoms with E-state index < -0.39 is 0 Å². The summed E-state index contributed by atoms with van der Waals surface area (Å²) in [7, 11) is 0. The van der Waals surface area contributed by atoms with Gasteiger partial charge in [0.1, 0.15) is 5.01 Å². The third-order valence-electron chi connectivity index (χ3n) is 2.56. The molecular formula is C12H16N4OS3. The second-order valence-electron chi connectivity index (χ2n) is 4.34. The Morgan fingerprint density at radius 2 is 2.00 bits per heavy atom. The van der Waals surface area contributed by atoms with Crippen LogP contribution in [0, 0.1) is 20.8 Å². The maximum absolute atomic E-state index is 11.9. The Labute approximate surface area is 130 Å². The van der Waals surface area contributed by atoms with Crippen molar-refractivity contribution in [1.29, 1.82) is 0 Å². The van der Waals surface area contributed by atoms with Crippen molar-refractivity contribution in [3.05, 3.63) is 20.6 Å². The van der Waals surface area contributed by atoms with Crippen molar-refractivity contribution >= 4 is 40.3 Å². The van der Waals surface area contributed by atoms with Crippen LogP contribution in [0.1, 0.15) is 33.6 Å². The highest BCUT2D eigenvalue weighted by atomic mass is 32.2. The van der Waals surface area contributed by atoms with Gasteiger partial charge in [-0.1, -0.05) is 23.1 Å². The van der Waals surface area contributed by atoms with E-state index in [4.69, 9.17) is 0 Å². The van der Waals surface area contributed by atoms with Crippen LogP contribution in [0.3, 0.4) is 0 Å². The van der Waals surface area contributed by atoms with Crippen molar-refractivity contribution in [2.45, 2.75) is 38.1 Å². The van der Waals surface area contributed by atoms with Crippen LogP contribution in [-0.4, -0.2) is 26.8 Å². The Balaban J connectivity index is 1.86. The number of carbonyl (C=O) groups excluding carboxylic acids is 1. The number of nitrogens with zero attached hydrogens (tertiary/aromatic N) is 3. The Hall–Kier alpha value is -0.990. The van der Waals surface area contributed by atoms with Gasteiger partial charge in [0.25, 0.3) is 0 Å². The lowest BCUT2D eigenvalue weighted by molar-refractivity contribution is -0.119. The number of hydrogen-bond donors (Lipinski definition) is 1. The fourth-order valence-electron chi connectivity index (χ4n) is 1.76. The average Bonchev–Trinajstić information content (AvgIpc) is 2.92. The number of nitrogens with one attached hydrogen (secondary N) is 1. The van der Waals surface area contributed by atoms with Gasteiger partial charge in [0.15, 0.2) is 4.34 Å². The number of hydrogen-bond acceptors (Lipinski definition) is 7. The highest BCUT2D eigenvalue weighted by molar-refractivity contribution is 8.01. The molecule has 0 aliphatic carbocycles. The summed E-state index contributed by atoms with van der Waals surface area (Å²) in [6.07, 6.45) is 0. The SMILES string of the molecule is Cc1nnc(SCC(=O)NC(C)c2nc(C)sc2C)s1. The molecule has 0 spiro atoms. The Bertz CT molecular complexity index is 608. The Kier molecular flexibility index (Phi) is 5.11. The number of thioether (sulfide) groups is 1. The molecule has 2 rings (SSSR count). The standard InChI is InChI=1S/C12H16N4OS3/c1-6(11-7(2)19-8(3)14-11)13-10(17)5-18-12-16-15-9(4)20-12/h6H,5H2,1-4H3,(H,13,17). The molecule has 2 heterocycles. The molecular weight excluding hydrogens is 312 g/mol. The molecule has 108 valence electrons. The smallest absolute Gasteiger partial charge is 0.230 e. The van der Waals surface area contributed by atoms with E-state index in [0.29, 0.717) is 5.75 Å². The van der Waals surface area contributed by atoms with Crippen molar-refractivity contribution < 1.29 is 4.79 Å². The van der Waals surface area contributed by atoms with Gasteiger partial charge in [0, 0.05) is 4.88 Å². The number of rotatable bonds is 5. The zero-order chi connectivity index (χ0) is 14.7. The maximum atomic E-state index is 11.9. The highest BCUT2D eigenvalue weighted by Gasteiger charge is 2.16. The van der Waals surface area contributed by atoms with E-state index in [9.17, 15) is 4.79 Å². The number of thiazole rings is 1. The predicted molar refractivity (Wildman–Crippen MR) is 83.5 cm³/mol. The lowest BCUT2D eigenvalue weighted by Gasteiger charge is -2.12. The first kappa shape index (κ1) is 15.4. The Morgan fingerprint density at radius 3 is 2.55 bits per heavy atom. The second-order valence-corrected chi connectivity index (χ2v) is 8.15. The third kappa shape index (κ3) is 4.00. The molecule has 0 saturated heterocycles. The molecule has 1 unspecified atom stereocenters. The largest absolute Gasteiger partial charge is 0.347 e. The Morgan fingerprint density at radius 1 is 1.25 bits per heavy atom. The van der Waals surface area contributed by atoms with Crippen LogP contribution in [0.5, 0.6) is 0 Å². The summed E-state index contributed by atoms with van der Waals surface area (Å²) in [5.41, 5.74) is 0.956. The summed E-state index contributed by atoms with van der Waals surface area (Å²) in [5, 5.41) is 12.8. The maximum Gasteiger partial charge on any atom is 0.230 e. The minimum atomic E-state index is -0.0655. The van der Waals surface area contributed by atoms with Gasteiger partial charge in [-0.25, -0.2) is 4.98 Å². The van der Waals surface area contributed by atoms with E-state index in [2.05, 4.69) is 20.5 Å². The van der Waals surface area contributed by atoms with Crippen LogP contribution in [0.2, 0.25) is 0 Å². The molecule has 2 aromatic heterocycles. The quantitative estimate of drug-likeness (QED) is 0.855. The fraction of sp³-hybridized carbons (Fsp3) is 0.500. The number of aryl methyl sites for hydroxylation is 3. The van der Waals surface area contributed by atoms with Gasteiger partial charge in [0.2, 0.25) is 5.91 Å². The summed E-state index contributed by atoms with van der Waals surface area (Å²) in [4.78, 5) is 17.5. The molecule has 0 saturated carbocycles. The van der Waals surface area contributed by atoms with Crippen molar-refractivity contribution in [1.82, 2.24) is 20.5 Å². The van der Waals surface area contributed by atoms with Crippen LogP contribution in [0.25, 0.3) is 0 Å². The minimum absolute atomic E-state index is 0.0135. The number of amides is 1. The normalized spacial score (nSPS) is 12.4. The van der Waals surface area contributed by atoms with Crippen molar-refractivity contribution in [3.63, 3.8) is 0 Å². The van der Waals surface area contributed by atoms with Crippen LogP contribution < -0.4 is 5.32 Å². The summed E-state index contributed by atoms with van der Waals surface area (Å²) in [6.45, 7) is 7.86. The summed E-state index contributed by atoms with van der Waals surface area (Å²) < 4.78 is 0.825. The monoisotopic (exact) mass is 328 g/mol. The van der Waals surface area contributed by atoms with Crippen LogP contribution in [-0.2, 0) is 4.79 Å². The first-order valence-corrected chi connectivity index (χ1v) is 8.73. The van der Waals surface area contributed by atoms with Gasteiger partial charge in [-0.15, -0.1) is 21.5 Å². The van der Waals surface area contributed by atoms with E-state index in [0.717, 1.165) is 24.9 Å². The molecule has 0 aliphatic rings. The number of carbonyl (C=O) groups is 1. The van der Waals surface area contributed by atoms with E-state index in [1.54, 1.807) is 11.3 Å². The lowest BCUT2D eigenvalue weighted by Crippen LogP contribution is -2.28. The van der Waals surface area contributed by atoms with Crippen LogP contribution in [0.4, 0.5) is 0 Å². The second kappa shape index (κ2) is 6.64. The predicted octanol–water partition coefficient (Wildman–Crippen LogP) is 2.89. The molecule has 1 N–H and O–H groups in total. The van der Waals surface area contributed by atoms with Gasteiger partial charge in [-0.2, -0.15) is 0 Å². The van der Waals surface area contributed by atoms with Crippen LogP contribution in [0.15, 0.2) is 4.34 Å². The summed E-state index contributed by atoms with van der Waals surface area (Å²) in [5.74, 6) is 0.335. The summed E-state index contributed by atoms with van der Waals surface area (Å²) in [6, 6.07) is -0.0655. The van der Waals surface area contributed by atoms with E-state index in [-0.39, 0.29) is 11.9 Å². The third-order valence-corrected chi connectivity index (χ3v) is 5.44. The van der Waals surface area contributed by atoms with E-state index >= 15 is 0 Å². The first-order valence-electron chi connectivity index (χ1n) is 6.12. The minimum Gasteiger partial charge on any atom is -0.347 e. The molecule has 20 heavy (non-hydrogen) atoms. The van der Waals surface area contributed by atoms with E-state index in [1.165, 1.54) is 23.1 Å². The van der Waals surface area contributed by atoms with Gasteiger partial charge < -0.3 is 5.32 Å². The summed E-state index contributed by atoms with van der Waals surface area (Å²) >= 11 is 4.57. The fourth-order valence-corrected chi connectivity index (χ4v) is 4.30. The highest BCUT2D eigenvalue weighted by Crippen LogP contribution is 2.24. The molecule has 0 fully saturated rings. The molecule has 0 radical (unpaired) electrons. The molecule has 0 aliphatic heterocycles. The molecule has 0 aromatic carbocycles. The van der Waals surface area contributed by atoms with Gasteiger partial charge in [-0.3, -0.25) is 4.79 Å². The first-order chi connectivity index (χ1) is 9.45. The molecule has 8 heteroatoms. The van der Waals surface area contributed by atoms with Crippen molar-refractivity contribution in [3.8, 4) is 0 Å². The van der Waals surface area contributed by atoms with Crippen molar-refractivity contribution in [2.24, 2.45) is 0 Å². The average molecular weight is 328 g/mol. The van der Waals surface area contributed by atoms with Gasteiger partial charge >= 0.3 is 0 Å². The zero-order valence-corrected chi connectivity index (χ0v) is 14.2. The zero-order valence-electron chi connectivity index (χ0n) is 11.8. The van der Waals surface area contributed by atoms with Gasteiger partial charge in [-0.05, 0) is 27.7 Å². The molecule has 2 aromatic rings. The van der Waals surface area contributed by atoms with Gasteiger partial charge in [0.05, 0.1) is 22.5 Å². The van der Waals surface area contributed by atoms with Crippen molar-refractivity contribution in [2.75, 3.05) is 5.75 Å². The van der Waals surface area contributed by atoms with Crippen LogP contribution >= 0.6 is 34.4 Å². The molecule has 1 amide bonds.